The first-order valence-corrected chi connectivity index (χ1v) is 10.9. The van der Waals surface area contributed by atoms with Crippen molar-refractivity contribution in [1.82, 2.24) is 10.6 Å². The van der Waals surface area contributed by atoms with E-state index in [-0.39, 0.29) is 27.7 Å². The molecule has 0 saturated heterocycles. The van der Waals surface area contributed by atoms with Gasteiger partial charge in [-0.2, -0.15) is 5.26 Å². The van der Waals surface area contributed by atoms with Crippen LogP contribution >= 0.6 is 23.2 Å². The van der Waals surface area contributed by atoms with Crippen molar-refractivity contribution < 1.29 is 18.0 Å². The van der Waals surface area contributed by atoms with Gasteiger partial charge in [-0.25, -0.2) is 8.42 Å². The van der Waals surface area contributed by atoms with Gasteiger partial charge in [-0.05, 0) is 24.3 Å². The molecule has 2 amide bonds. The fraction of sp³-hybridized carbons (Fsp3) is 0.211. The summed E-state index contributed by atoms with van der Waals surface area (Å²) in [7, 11) is -3.90. The predicted octanol–water partition coefficient (Wildman–Crippen LogP) is 2.35. The minimum absolute atomic E-state index is 0.180. The van der Waals surface area contributed by atoms with E-state index in [4.69, 9.17) is 28.5 Å². The number of hydrogen-bond donors (Lipinski definition) is 2. The van der Waals surface area contributed by atoms with Crippen molar-refractivity contribution in [3.05, 3.63) is 69.7 Å². The molecule has 0 fully saturated rings. The smallest absolute Gasteiger partial charge is 0.251 e. The summed E-state index contributed by atoms with van der Waals surface area (Å²) in [5, 5.41) is 13.7. The average Bonchev–Trinajstić information content (AvgIpc) is 2.69. The van der Waals surface area contributed by atoms with Crippen LogP contribution < -0.4 is 10.6 Å². The number of carbonyl (C=O) groups is 2. The molecule has 0 bridgehead atoms. The maximum atomic E-state index is 12.7. The minimum atomic E-state index is -3.90. The van der Waals surface area contributed by atoms with Gasteiger partial charge in [-0.3, -0.25) is 9.59 Å². The molecule has 0 saturated carbocycles. The lowest BCUT2D eigenvalue weighted by molar-refractivity contribution is -0.122. The molecule has 2 aromatic rings. The molecule has 1 unspecified atom stereocenters. The van der Waals surface area contributed by atoms with Gasteiger partial charge in [-0.1, -0.05) is 47.5 Å². The van der Waals surface area contributed by atoms with E-state index >= 15 is 0 Å². The van der Waals surface area contributed by atoms with Crippen molar-refractivity contribution in [1.29, 1.82) is 5.26 Å². The van der Waals surface area contributed by atoms with Crippen molar-refractivity contribution in [2.75, 3.05) is 12.3 Å². The summed E-state index contributed by atoms with van der Waals surface area (Å²) in [6, 6.07) is 13.0. The van der Waals surface area contributed by atoms with E-state index in [0.717, 1.165) is 0 Å². The van der Waals surface area contributed by atoms with Crippen LogP contribution in [0.15, 0.2) is 48.5 Å². The summed E-state index contributed by atoms with van der Waals surface area (Å²) >= 11 is 12.1. The summed E-state index contributed by atoms with van der Waals surface area (Å²) < 4.78 is 25.4. The van der Waals surface area contributed by atoms with Crippen molar-refractivity contribution in [2.45, 2.75) is 11.8 Å². The molecule has 0 aliphatic carbocycles. The lowest BCUT2D eigenvalue weighted by Gasteiger charge is -2.18. The fourth-order valence-corrected chi connectivity index (χ4v) is 4.77. The summed E-state index contributed by atoms with van der Waals surface area (Å²) in [6.45, 7) is -0.326. The number of amides is 2. The maximum absolute atomic E-state index is 12.7. The van der Waals surface area contributed by atoms with Crippen LogP contribution in [-0.4, -0.2) is 38.6 Å². The number of benzene rings is 2. The molecular weight excluding hydrogens is 437 g/mol. The fourth-order valence-electron chi connectivity index (χ4n) is 2.47. The lowest BCUT2D eigenvalue weighted by atomic mass is 10.2. The zero-order chi connectivity index (χ0) is 21.4. The van der Waals surface area contributed by atoms with Crippen LogP contribution in [0, 0.1) is 11.3 Å². The third-order valence-electron chi connectivity index (χ3n) is 3.85. The summed E-state index contributed by atoms with van der Waals surface area (Å²) in [5.74, 6) is -2.60. The highest BCUT2D eigenvalue weighted by Crippen LogP contribution is 2.26. The van der Waals surface area contributed by atoms with Gasteiger partial charge in [0.1, 0.15) is 12.6 Å². The van der Waals surface area contributed by atoms with Crippen molar-refractivity contribution >= 4 is 44.9 Å². The Bertz CT molecular complexity index is 1020. The normalized spacial score (nSPS) is 11.9. The van der Waals surface area contributed by atoms with Gasteiger partial charge >= 0.3 is 0 Å². The first-order valence-electron chi connectivity index (χ1n) is 8.37. The highest BCUT2D eigenvalue weighted by molar-refractivity contribution is 7.90. The molecule has 10 heteroatoms. The minimum Gasteiger partial charge on any atom is -0.341 e. The Kier molecular flexibility index (Phi) is 8.02. The number of sulfone groups is 1. The number of halogens is 2. The molecule has 0 spiro atoms. The van der Waals surface area contributed by atoms with Crippen LogP contribution in [-0.2, 0) is 20.4 Å². The van der Waals surface area contributed by atoms with Crippen LogP contribution in [0.1, 0.15) is 15.9 Å². The topological polar surface area (TPSA) is 116 Å². The third kappa shape index (κ3) is 6.75. The van der Waals surface area contributed by atoms with Crippen molar-refractivity contribution in [3.63, 3.8) is 0 Å². The summed E-state index contributed by atoms with van der Waals surface area (Å²) in [4.78, 5) is 24.7. The summed E-state index contributed by atoms with van der Waals surface area (Å²) in [6.07, 6.45) is 0. The molecule has 152 valence electrons. The van der Waals surface area contributed by atoms with E-state index < -0.39 is 39.2 Å². The maximum Gasteiger partial charge on any atom is 0.251 e. The van der Waals surface area contributed by atoms with E-state index in [1.165, 1.54) is 24.3 Å². The van der Waals surface area contributed by atoms with Gasteiger partial charge < -0.3 is 10.6 Å². The highest BCUT2D eigenvalue weighted by Gasteiger charge is 2.28. The summed E-state index contributed by atoms with van der Waals surface area (Å²) in [5.41, 5.74) is 0.471. The van der Waals surface area contributed by atoms with Gasteiger partial charge in [0.05, 0.1) is 17.6 Å². The molecule has 2 rings (SSSR count). The van der Waals surface area contributed by atoms with Crippen molar-refractivity contribution in [3.8, 4) is 6.07 Å². The number of nitrogens with zero attached hydrogens (tertiary/aromatic N) is 1. The van der Waals surface area contributed by atoms with Gasteiger partial charge in [0, 0.05) is 21.2 Å². The average molecular weight is 454 g/mol. The standard InChI is InChI=1S/C19H17Cl2N3O4S/c20-15-7-4-8-16(21)14(15)11-29(27,28)12-17(19(26)23-10-9-22)24-18(25)13-5-2-1-3-6-13/h1-8,17H,10-12H2,(H,23,26)(H,24,25). The first-order chi connectivity index (χ1) is 13.7. The van der Waals surface area contributed by atoms with Crippen LogP contribution in [0.3, 0.4) is 0 Å². The Hall–Kier alpha value is -2.60. The number of nitriles is 1. The SMILES string of the molecule is N#CCNC(=O)C(CS(=O)(=O)Cc1c(Cl)cccc1Cl)NC(=O)c1ccccc1. The molecule has 7 nitrogen and oxygen atoms in total. The second kappa shape index (κ2) is 10.3. The van der Waals surface area contributed by atoms with Crippen molar-refractivity contribution in [2.24, 2.45) is 0 Å². The molecule has 1 atom stereocenters. The van der Waals surface area contributed by atoms with Crippen LogP contribution in [0.4, 0.5) is 0 Å². The first kappa shape index (κ1) is 22.7. The number of nitrogens with one attached hydrogen (secondary N) is 2. The molecule has 2 N–H and O–H groups in total. The van der Waals surface area contributed by atoms with Gasteiger partial charge in [-0.15, -0.1) is 0 Å². The molecular formula is C19H17Cl2N3O4S. The molecule has 29 heavy (non-hydrogen) atoms. The van der Waals surface area contributed by atoms with Gasteiger partial charge in [0.2, 0.25) is 5.91 Å². The van der Waals surface area contributed by atoms with Gasteiger partial charge in [0.25, 0.3) is 5.91 Å². The Labute approximate surface area is 178 Å². The van der Waals surface area contributed by atoms with E-state index in [0.29, 0.717) is 0 Å². The molecule has 2 aromatic carbocycles. The monoisotopic (exact) mass is 453 g/mol. The van der Waals surface area contributed by atoms with Crippen LogP contribution in [0.5, 0.6) is 0 Å². The number of hydrogen-bond acceptors (Lipinski definition) is 5. The molecule has 0 aliphatic rings. The molecule has 0 radical (unpaired) electrons. The second-order valence-electron chi connectivity index (χ2n) is 6.02. The second-order valence-corrected chi connectivity index (χ2v) is 8.95. The predicted molar refractivity (Wildman–Crippen MR) is 110 cm³/mol. The Morgan fingerprint density at radius 1 is 1.03 bits per heavy atom. The lowest BCUT2D eigenvalue weighted by Crippen LogP contribution is -2.50. The van der Waals surface area contributed by atoms with Crippen LogP contribution in [0.2, 0.25) is 10.0 Å². The Balaban J connectivity index is 2.22. The highest BCUT2D eigenvalue weighted by atomic mass is 35.5. The Morgan fingerprint density at radius 2 is 1.66 bits per heavy atom. The largest absolute Gasteiger partial charge is 0.341 e. The third-order valence-corrected chi connectivity index (χ3v) is 6.12. The Morgan fingerprint density at radius 3 is 2.24 bits per heavy atom. The van der Waals surface area contributed by atoms with E-state index in [1.54, 1.807) is 30.3 Å². The van der Waals surface area contributed by atoms with E-state index in [1.807, 2.05) is 0 Å². The van der Waals surface area contributed by atoms with E-state index in [2.05, 4.69) is 10.6 Å². The number of rotatable bonds is 8. The zero-order valence-electron chi connectivity index (χ0n) is 15.1. The number of carbonyl (C=O) groups excluding carboxylic acids is 2. The van der Waals surface area contributed by atoms with Crippen LogP contribution in [0.25, 0.3) is 0 Å². The zero-order valence-corrected chi connectivity index (χ0v) is 17.4. The quantitative estimate of drug-likeness (QED) is 0.594. The van der Waals surface area contributed by atoms with E-state index in [9.17, 15) is 18.0 Å². The molecule has 0 aliphatic heterocycles. The molecule has 0 aromatic heterocycles. The van der Waals surface area contributed by atoms with Gasteiger partial charge in [0.15, 0.2) is 9.84 Å². The molecule has 0 heterocycles.